The SMILES string of the molecule is CCc1cccc(C)c1N(CC(=O)O)C(=O)C1CCSCC1. The van der Waals surface area contributed by atoms with Crippen LogP contribution in [0.3, 0.4) is 0 Å². The Balaban J connectivity index is 2.37. The zero-order chi connectivity index (χ0) is 16.1. The zero-order valence-electron chi connectivity index (χ0n) is 13.2. The lowest BCUT2D eigenvalue weighted by Crippen LogP contribution is -2.41. The summed E-state index contributed by atoms with van der Waals surface area (Å²) in [6, 6.07) is 5.87. The van der Waals surface area contributed by atoms with Gasteiger partial charge in [-0.2, -0.15) is 11.8 Å². The van der Waals surface area contributed by atoms with Gasteiger partial charge in [0.15, 0.2) is 0 Å². The molecule has 1 fully saturated rings. The number of hydrogen-bond donors (Lipinski definition) is 1. The van der Waals surface area contributed by atoms with E-state index in [2.05, 4.69) is 0 Å². The quantitative estimate of drug-likeness (QED) is 0.905. The van der Waals surface area contributed by atoms with E-state index in [-0.39, 0.29) is 18.4 Å². The molecule has 1 N–H and O–H groups in total. The molecular formula is C17H23NO3S. The van der Waals surface area contributed by atoms with Crippen LogP contribution in [0.25, 0.3) is 0 Å². The third kappa shape index (κ3) is 3.83. The van der Waals surface area contributed by atoms with Crippen LogP contribution in [0.15, 0.2) is 18.2 Å². The van der Waals surface area contributed by atoms with Crippen LogP contribution in [0.1, 0.15) is 30.9 Å². The van der Waals surface area contributed by atoms with E-state index in [1.165, 1.54) is 4.90 Å². The fraction of sp³-hybridized carbons (Fsp3) is 0.529. The van der Waals surface area contributed by atoms with Gasteiger partial charge < -0.3 is 10.0 Å². The summed E-state index contributed by atoms with van der Waals surface area (Å²) in [6.45, 7) is 3.70. The number of benzene rings is 1. The first-order valence-electron chi connectivity index (χ1n) is 7.74. The molecule has 0 aliphatic carbocycles. The second-order valence-electron chi connectivity index (χ2n) is 5.64. The molecule has 0 unspecified atom stereocenters. The third-order valence-corrected chi connectivity index (χ3v) is 5.15. The van der Waals surface area contributed by atoms with Crippen molar-refractivity contribution in [2.24, 2.45) is 5.92 Å². The second-order valence-corrected chi connectivity index (χ2v) is 6.87. The number of aliphatic carboxylic acids is 1. The van der Waals surface area contributed by atoms with E-state index in [1.807, 2.05) is 43.8 Å². The number of carbonyl (C=O) groups excluding carboxylic acids is 1. The highest BCUT2D eigenvalue weighted by molar-refractivity contribution is 7.99. The summed E-state index contributed by atoms with van der Waals surface area (Å²) in [5, 5.41) is 9.25. The molecule has 1 aromatic carbocycles. The average molecular weight is 321 g/mol. The topological polar surface area (TPSA) is 57.6 Å². The van der Waals surface area contributed by atoms with Gasteiger partial charge in [-0.15, -0.1) is 0 Å². The Morgan fingerprint density at radius 2 is 2.00 bits per heavy atom. The van der Waals surface area contributed by atoms with E-state index in [9.17, 15) is 14.7 Å². The Kier molecular flexibility index (Phi) is 5.89. The molecule has 2 rings (SSSR count). The Bertz CT molecular complexity index is 553. The van der Waals surface area contributed by atoms with Crippen molar-refractivity contribution < 1.29 is 14.7 Å². The minimum absolute atomic E-state index is 0.0355. The molecule has 0 spiro atoms. The van der Waals surface area contributed by atoms with Gasteiger partial charge in [0, 0.05) is 5.92 Å². The van der Waals surface area contributed by atoms with Crippen molar-refractivity contribution in [1.82, 2.24) is 0 Å². The maximum Gasteiger partial charge on any atom is 0.323 e. The molecule has 0 aromatic heterocycles. The van der Waals surface area contributed by atoms with Crippen LogP contribution in [0.2, 0.25) is 0 Å². The summed E-state index contributed by atoms with van der Waals surface area (Å²) < 4.78 is 0. The Morgan fingerprint density at radius 3 is 2.59 bits per heavy atom. The van der Waals surface area contributed by atoms with Crippen molar-refractivity contribution in [3.05, 3.63) is 29.3 Å². The van der Waals surface area contributed by atoms with Gasteiger partial charge in [0.2, 0.25) is 5.91 Å². The van der Waals surface area contributed by atoms with Crippen molar-refractivity contribution in [2.75, 3.05) is 23.0 Å². The van der Waals surface area contributed by atoms with E-state index in [0.29, 0.717) is 0 Å². The summed E-state index contributed by atoms with van der Waals surface area (Å²) in [5.41, 5.74) is 2.77. The summed E-state index contributed by atoms with van der Waals surface area (Å²) in [5.74, 6) is 0.901. The zero-order valence-corrected chi connectivity index (χ0v) is 14.0. The highest BCUT2D eigenvalue weighted by Gasteiger charge is 2.30. The lowest BCUT2D eigenvalue weighted by atomic mass is 9.98. The van der Waals surface area contributed by atoms with E-state index < -0.39 is 5.97 Å². The van der Waals surface area contributed by atoms with Crippen LogP contribution in [-0.4, -0.2) is 35.0 Å². The van der Waals surface area contributed by atoms with Crippen molar-refractivity contribution in [2.45, 2.75) is 33.1 Å². The molecular weight excluding hydrogens is 298 g/mol. The molecule has 1 amide bonds. The summed E-state index contributed by atoms with van der Waals surface area (Å²) >= 11 is 1.86. The molecule has 4 nitrogen and oxygen atoms in total. The number of carbonyl (C=O) groups is 2. The number of amides is 1. The molecule has 1 saturated heterocycles. The maximum atomic E-state index is 12.9. The summed E-state index contributed by atoms with van der Waals surface area (Å²) in [7, 11) is 0. The van der Waals surface area contributed by atoms with Crippen LogP contribution in [-0.2, 0) is 16.0 Å². The maximum absolute atomic E-state index is 12.9. The molecule has 22 heavy (non-hydrogen) atoms. The van der Waals surface area contributed by atoms with E-state index >= 15 is 0 Å². The molecule has 0 bridgehead atoms. The fourth-order valence-electron chi connectivity index (χ4n) is 2.96. The largest absolute Gasteiger partial charge is 0.480 e. The van der Waals surface area contributed by atoms with Gasteiger partial charge in [-0.3, -0.25) is 9.59 Å². The van der Waals surface area contributed by atoms with Crippen molar-refractivity contribution in [1.29, 1.82) is 0 Å². The Labute approximate surface area is 135 Å². The number of aryl methyl sites for hydroxylation is 2. The first-order valence-corrected chi connectivity index (χ1v) is 8.89. The molecule has 0 radical (unpaired) electrons. The molecule has 1 aliphatic rings. The molecule has 0 atom stereocenters. The summed E-state index contributed by atoms with van der Waals surface area (Å²) in [6.07, 6.45) is 2.46. The van der Waals surface area contributed by atoms with Crippen LogP contribution in [0.4, 0.5) is 5.69 Å². The standard InChI is InChI=1S/C17H23NO3S/c1-3-13-6-4-5-12(2)16(13)18(11-15(19)20)17(21)14-7-9-22-10-8-14/h4-6,14H,3,7-11H2,1-2H3,(H,19,20). The Hall–Kier alpha value is -1.49. The molecule has 1 heterocycles. The van der Waals surface area contributed by atoms with Crippen LogP contribution in [0, 0.1) is 12.8 Å². The molecule has 120 valence electrons. The lowest BCUT2D eigenvalue weighted by molar-refractivity contribution is -0.137. The first-order chi connectivity index (χ1) is 10.5. The molecule has 1 aromatic rings. The minimum atomic E-state index is -0.969. The van der Waals surface area contributed by atoms with Crippen LogP contribution in [0.5, 0.6) is 0 Å². The normalized spacial score (nSPS) is 15.5. The molecule has 5 heteroatoms. The number of carboxylic acid groups (broad SMARTS) is 1. The highest BCUT2D eigenvalue weighted by Crippen LogP contribution is 2.30. The number of anilines is 1. The number of hydrogen-bond acceptors (Lipinski definition) is 3. The highest BCUT2D eigenvalue weighted by atomic mass is 32.2. The van der Waals surface area contributed by atoms with Crippen molar-refractivity contribution in [3.63, 3.8) is 0 Å². The number of thioether (sulfide) groups is 1. The fourth-order valence-corrected chi connectivity index (χ4v) is 4.07. The predicted molar refractivity (Wildman–Crippen MR) is 90.6 cm³/mol. The van der Waals surface area contributed by atoms with Gasteiger partial charge >= 0.3 is 5.97 Å². The van der Waals surface area contributed by atoms with Gasteiger partial charge in [-0.1, -0.05) is 25.1 Å². The average Bonchev–Trinajstić information content (AvgIpc) is 2.52. The summed E-state index contributed by atoms with van der Waals surface area (Å²) in [4.78, 5) is 25.7. The van der Waals surface area contributed by atoms with Crippen LogP contribution >= 0.6 is 11.8 Å². The monoisotopic (exact) mass is 321 g/mol. The smallest absolute Gasteiger partial charge is 0.323 e. The van der Waals surface area contributed by atoms with Gasteiger partial charge in [-0.05, 0) is 48.8 Å². The van der Waals surface area contributed by atoms with Crippen LogP contribution < -0.4 is 4.90 Å². The second kappa shape index (κ2) is 7.68. The van der Waals surface area contributed by atoms with Crippen molar-refractivity contribution in [3.8, 4) is 0 Å². The Morgan fingerprint density at radius 1 is 1.32 bits per heavy atom. The molecule has 0 saturated carbocycles. The number of carboxylic acids is 1. The lowest BCUT2D eigenvalue weighted by Gasteiger charge is -2.30. The third-order valence-electron chi connectivity index (χ3n) is 4.10. The van der Waals surface area contributed by atoms with E-state index in [4.69, 9.17) is 0 Å². The van der Waals surface area contributed by atoms with E-state index in [0.717, 1.165) is 47.6 Å². The number of para-hydroxylation sites is 1. The molecule has 1 aliphatic heterocycles. The minimum Gasteiger partial charge on any atom is -0.480 e. The van der Waals surface area contributed by atoms with Gasteiger partial charge in [0.1, 0.15) is 6.54 Å². The number of nitrogens with zero attached hydrogens (tertiary/aromatic N) is 1. The number of rotatable bonds is 5. The van der Waals surface area contributed by atoms with Gasteiger partial charge in [0.25, 0.3) is 0 Å². The van der Waals surface area contributed by atoms with E-state index in [1.54, 1.807) is 0 Å². The first kappa shape index (κ1) is 16.9. The predicted octanol–water partition coefficient (Wildman–Crippen LogP) is 3.12. The van der Waals surface area contributed by atoms with Gasteiger partial charge in [0.05, 0.1) is 5.69 Å². The van der Waals surface area contributed by atoms with Crippen molar-refractivity contribution >= 4 is 29.3 Å². The van der Waals surface area contributed by atoms with Gasteiger partial charge in [-0.25, -0.2) is 0 Å².